The molecule has 20 heavy (non-hydrogen) atoms. The second kappa shape index (κ2) is 9.75. The Kier molecular flexibility index (Phi) is 8.26. The average molecular weight is 283 g/mol. The molecule has 1 saturated heterocycles. The van der Waals surface area contributed by atoms with E-state index < -0.39 is 0 Å². The van der Waals surface area contributed by atoms with Gasteiger partial charge >= 0.3 is 0 Å². The molecule has 0 aromatic carbocycles. The second-order valence-electron chi connectivity index (χ2n) is 5.46. The summed E-state index contributed by atoms with van der Waals surface area (Å²) < 4.78 is 0. The fourth-order valence-corrected chi connectivity index (χ4v) is 2.47. The number of nitrogens with one attached hydrogen (secondary N) is 2. The van der Waals surface area contributed by atoms with Crippen molar-refractivity contribution in [3.05, 3.63) is 0 Å². The van der Waals surface area contributed by atoms with E-state index in [0.717, 1.165) is 51.7 Å². The minimum absolute atomic E-state index is 0.0552. The van der Waals surface area contributed by atoms with Gasteiger partial charge in [0.15, 0.2) is 0 Å². The average Bonchev–Trinajstić information content (AvgIpc) is 2.46. The van der Waals surface area contributed by atoms with Crippen LogP contribution in [0.15, 0.2) is 0 Å². The molecule has 0 aromatic heterocycles. The van der Waals surface area contributed by atoms with Gasteiger partial charge in [-0.25, -0.2) is 0 Å². The number of rotatable bonds is 8. The van der Waals surface area contributed by atoms with Gasteiger partial charge in [0.25, 0.3) is 0 Å². The number of nitrogens with zero attached hydrogens (tertiary/aromatic N) is 1. The Morgan fingerprint density at radius 1 is 1.15 bits per heavy atom. The van der Waals surface area contributed by atoms with Crippen molar-refractivity contribution in [2.24, 2.45) is 0 Å². The number of likely N-dealkylation sites (tertiary alicyclic amines) is 1. The first-order valence-corrected chi connectivity index (χ1v) is 7.95. The van der Waals surface area contributed by atoms with Crippen molar-refractivity contribution in [3.8, 4) is 0 Å². The van der Waals surface area contributed by atoms with Crippen LogP contribution in [0.3, 0.4) is 0 Å². The molecule has 1 aliphatic heterocycles. The van der Waals surface area contributed by atoms with Gasteiger partial charge in [0, 0.05) is 25.6 Å². The van der Waals surface area contributed by atoms with E-state index >= 15 is 0 Å². The van der Waals surface area contributed by atoms with E-state index in [9.17, 15) is 9.59 Å². The van der Waals surface area contributed by atoms with Gasteiger partial charge in [-0.1, -0.05) is 26.7 Å². The minimum Gasteiger partial charge on any atom is -0.352 e. The summed E-state index contributed by atoms with van der Waals surface area (Å²) in [7, 11) is 0. The predicted molar refractivity (Wildman–Crippen MR) is 80.4 cm³/mol. The SMILES string of the molecule is CCCCCC(=O)N1CCC(NC(=O)CNCC)CC1. The molecule has 0 atom stereocenters. The summed E-state index contributed by atoms with van der Waals surface area (Å²) in [6, 6.07) is 0.223. The number of hydrogen-bond donors (Lipinski definition) is 2. The lowest BCUT2D eigenvalue weighted by molar-refractivity contribution is -0.132. The van der Waals surface area contributed by atoms with Crippen molar-refractivity contribution in [1.29, 1.82) is 0 Å². The predicted octanol–water partition coefficient (Wildman–Crippen LogP) is 1.28. The van der Waals surface area contributed by atoms with Crippen LogP contribution >= 0.6 is 0 Å². The number of piperidine rings is 1. The fourth-order valence-electron chi connectivity index (χ4n) is 2.47. The standard InChI is InChI=1S/C15H29N3O2/c1-3-5-6-7-15(20)18-10-8-13(9-11-18)17-14(19)12-16-4-2/h13,16H,3-12H2,1-2H3,(H,17,19). The molecule has 0 radical (unpaired) electrons. The van der Waals surface area contributed by atoms with Gasteiger partial charge in [-0.05, 0) is 25.8 Å². The Labute approximate surface area is 122 Å². The summed E-state index contributed by atoms with van der Waals surface area (Å²) in [5.74, 6) is 0.329. The van der Waals surface area contributed by atoms with E-state index in [-0.39, 0.29) is 17.9 Å². The van der Waals surface area contributed by atoms with Crippen molar-refractivity contribution in [3.63, 3.8) is 0 Å². The summed E-state index contributed by atoms with van der Waals surface area (Å²) in [6.07, 6.45) is 5.69. The lowest BCUT2D eigenvalue weighted by Crippen LogP contribution is -2.48. The summed E-state index contributed by atoms with van der Waals surface area (Å²) >= 11 is 0. The lowest BCUT2D eigenvalue weighted by Gasteiger charge is -2.32. The number of carbonyl (C=O) groups is 2. The van der Waals surface area contributed by atoms with Crippen molar-refractivity contribution in [2.75, 3.05) is 26.2 Å². The maximum Gasteiger partial charge on any atom is 0.234 e. The third-order valence-corrected chi connectivity index (χ3v) is 3.74. The fraction of sp³-hybridized carbons (Fsp3) is 0.867. The van der Waals surface area contributed by atoms with Crippen LogP contribution in [-0.2, 0) is 9.59 Å². The normalized spacial score (nSPS) is 16.2. The minimum atomic E-state index is 0.0552. The van der Waals surface area contributed by atoms with Crippen molar-refractivity contribution in [2.45, 2.75) is 58.4 Å². The monoisotopic (exact) mass is 283 g/mol. The first kappa shape index (κ1) is 17.0. The first-order valence-electron chi connectivity index (χ1n) is 7.95. The van der Waals surface area contributed by atoms with E-state index in [1.807, 2.05) is 11.8 Å². The molecule has 116 valence electrons. The zero-order valence-electron chi connectivity index (χ0n) is 12.9. The number of unbranched alkanes of at least 4 members (excludes halogenated alkanes) is 2. The smallest absolute Gasteiger partial charge is 0.234 e. The highest BCUT2D eigenvalue weighted by atomic mass is 16.2. The highest BCUT2D eigenvalue weighted by Crippen LogP contribution is 2.12. The summed E-state index contributed by atoms with van der Waals surface area (Å²) in [5, 5.41) is 6.04. The van der Waals surface area contributed by atoms with Crippen LogP contribution in [-0.4, -0.2) is 48.9 Å². The van der Waals surface area contributed by atoms with Crippen molar-refractivity contribution >= 4 is 11.8 Å². The van der Waals surface area contributed by atoms with Crippen LogP contribution in [0.5, 0.6) is 0 Å². The second-order valence-corrected chi connectivity index (χ2v) is 5.46. The molecule has 1 aliphatic rings. The number of amides is 2. The zero-order chi connectivity index (χ0) is 14.8. The third-order valence-electron chi connectivity index (χ3n) is 3.74. The van der Waals surface area contributed by atoms with Crippen molar-refractivity contribution in [1.82, 2.24) is 15.5 Å². The topological polar surface area (TPSA) is 61.4 Å². The Morgan fingerprint density at radius 2 is 1.85 bits per heavy atom. The maximum absolute atomic E-state index is 12.0. The number of hydrogen-bond acceptors (Lipinski definition) is 3. The first-order chi connectivity index (χ1) is 9.67. The van der Waals surface area contributed by atoms with Crippen LogP contribution in [0, 0.1) is 0 Å². The van der Waals surface area contributed by atoms with Crippen LogP contribution in [0.4, 0.5) is 0 Å². The van der Waals surface area contributed by atoms with Crippen LogP contribution < -0.4 is 10.6 Å². The van der Waals surface area contributed by atoms with Crippen LogP contribution in [0.1, 0.15) is 52.4 Å². The summed E-state index contributed by atoms with van der Waals surface area (Å²) in [4.78, 5) is 25.5. The molecule has 1 rings (SSSR count). The number of likely N-dealkylation sites (N-methyl/N-ethyl adjacent to an activating group) is 1. The molecule has 0 bridgehead atoms. The van der Waals surface area contributed by atoms with Gasteiger partial charge in [0.1, 0.15) is 0 Å². The van der Waals surface area contributed by atoms with E-state index in [1.54, 1.807) is 0 Å². The van der Waals surface area contributed by atoms with E-state index in [4.69, 9.17) is 0 Å². The summed E-state index contributed by atoms with van der Waals surface area (Å²) in [6.45, 7) is 6.86. The van der Waals surface area contributed by atoms with Gasteiger partial charge in [-0.3, -0.25) is 9.59 Å². The molecule has 0 unspecified atom stereocenters. The van der Waals surface area contributed by atoms with Gasteiger partial charge in [0.2, 0.25) is 11.8 Å². The molecular formula is C15H29N3O2. The van der Waals surface area contributed by atoms with Gasteiger partial charge < -0.3 is 15.5 Å². The Morgan fingerprint density at radius 3 is 2.45 bits per heavy atom. The van der Waals surface area contributed by atoms with Gasteiger partial charge in [-0.2, -0.15) is 0 Å². The highest BCUT2D eigenvalue weighted by Gasteiger charge is 2.23. The number of carbonyl (C=O) groups excluding carboxylic acids is 2. The summed E-state index contributed by atoms with van der Waals surface area (Å²) in [5.41, 5.74) is 0. The van der Waals surface area contributed by atoms with Gasteiger partial charge in [0.05, 0.1) is 6.54 Å². The molecule has 2 N–H and O–H groups in total. The van der Waals surface area contributed by atoms with Crippen LogP contribution in [0.25, 0.3) is 0 Å². The molecule has 2 amide bonds. The quantitative estimate of drug-likeness (QED) is 0.660. The van der Waals surface area contributed by atoms with Crippen molar-refractivity contribution < 1.29 is 9.59 Å². The molecule has 0 saturated carbocycles. The van der Waals surface area contributed by atoms with E-state index in [1.165, 1.54) is 0 Å². The van der Waals surface area contributed by atoms with Gasteiger partial charge in [-0.15, -0.1) is 0 Å². The van der Waals surface area contributed by atoms with Crippen LogP contribution in [0.2, 0.25) is 0 Å². The molecule has 1 fully saturated rings. The Balaban J connectivity index is 2.19. The Hall–Kier alpha value is -1.10. The molecular weight excluding hydrogens is 254 g/mol. The molecule has 0 aliphatic carbocycles. The molecule has 1 heterocycles. The molecule has 0 spiro atoms. The largest absolute Gasteiger partial charge is 0.352 e. The molecule has 0 aromatic rings. The van der Waals surface area contributed by atoms with E-state index in [2.05, 4.69) is 17.6 Å². The Bertz CT molecular complexity index is 299. The maximum atomic E-state index is 12.0. The highest BCUT2D eigenvalue weighted by molar-refractivity contribution is 5.78. The lowest BCUT2D eigenvalue weighted by atomic mass is 10.0. The van der Waals surface area contributed by atoms with E-state index in [0.29, 0.717) is 13.0 Å². The third kappa shape index (κ3) is 6.37. The zero-order valence-corrected chi connectivity index (χ0v) is 12.9. The molecule has 5 nitrogen and oxygen atoms in total. The molecule has 5 heteroatoms.